The number of morpholine rings is 1. The maximum absolute atomic E-state index is 12.0. The van der Waals surface area contributed by atoms with E-state index in [0.717, 1.165) is 13.0 Å². The van der Waals surface area contributed by atoms with Gasteiger partial charge < -0.3 is 20.7 Å². The molecule has 2 rings (SSSR count). The Kier molecular flexibility index (Phi) is 8.61. The van der Waals surface area contributed by atoms with Crippen LogP contribution in [0.5, 0.6) is 0 Å². The lowest BCUT2D eigenvalue weighted by molar-refractivity contribution is -0.117. The van der Waals surface area contributed by atoms with Crippen molar-refractivity contribution in [2.75, 3.05) is 30.4 Å². The first-order valence-corrected chi connectivity index (χ1v) is 7.68. The first-order chi connectivity index (χ1) is 10.7. The van der Waals surface area contributed by atoms with Crippen LogP contribution in [0.2, 0.25) is 0 Å². The van der Waals surface area contributed by atoms with E-state index < -0.39 is 0 Å². The summed E-state index contributed by atoms with van der Waals surface area (Å²) >= 11 is 0. The van der Waals surface area contributed by atoms with Crippen LogP contribution in [-0.4, -0.2) is 37.6 Å². The number of nitrogens with one attached hydrogen (secondary N) is 3. The van der Waals surface area contributed by atoms with Crippen LogP contribution in [0.1, 0.15) is 26.2 Å². The van der Waals surface area contributed by atoms with Crippen molar-refractivity contribution in [2.45, 2.75) is 32.2 Å². The fraction of sp³-hybridized carbons (Fsp3) is 0.500. The van der Waals surface area contributed by atoms with Gasteiger partial charge in [-0.15, -0.1) is 12.4 Å². The second-order valence-corrected chi connectivity index (χ2v) is 5.36. The summed E-state index contributed by atoms with van der Waals surface area (Å²) in [6.07, 6.45) is 1.66. The quantitative estimate of drug-likeness (QED) is 0.741. The molecule has 0 radical (unpaired) electrons. The van der Waals surface area contributed by atoms with Gasteiger partial charge >= 0.3 is 0 Å². The Hall–Kier alpha value is -1.63. The SMILES string of the molecule is CCCC(=O)Nc1cccc(NC(=O)CC2COCCN2)c1.Cl. The molecule has 0 saturated carbocycles. The van der Waals surface area contributed by atoms with E-state index in [1.165, 1.54) is 0 Å². The zero-order chi connectivity index (χ0) is 15.8. The average Bonchev–Trinajstić information content (AvgIpc) is 2.48. The average molecular weight is 342 g/mol. The predicted molar refractivity (Wildman–Crippen MR) is 93.1 cm³/mol. The van der Waals surface area contributed by atoms with Crippen molar-refractivity contribution in [2.24, 2.45) is 0 Å². The van der Waals surface area contributed by atoms with E-state index in [0.29, 0.717) is 37.4 Å². The minimum Gasteiger partial charge on any atom is -0.378 e. The highest BCUT2D eigenvalue weighted by atomic mass is 35.5. The second kappa shape index (κ2) is 10.2. The number of hydrogen-bond acceptors (Lipinski definition) is 4. The standard InChI is InChI=1S/C16H23N3O3.ClH/c1-2-4-15(20)18-12-5-3-6-13(9-12)19-16(21)10-14-11-22-8-7-17-14;/h3,5-6,9,14,17H,2,4,7-8,10-11H2,1H3,(H,18,20)(H,19,21);1H. The summed E-state index contributed by atoms with van der Waals surface area (Å²) in [5.74, 6) is -0.0884. The lowest BCUT2D eigenvalue weighted by Gasteiger charge is -2.23. The zero-order valence-electron chi connectivity index (χ0n) is 13.3. The topological polar surface area (TPSA) is 79.5 Å². The molecule has 1 aliphatic heterocycles. The zero-order valence-corrected chi connectivity index (χ0v) is 14.1. The molecule has 1 heterocycles. The molecule has 23 heavy (non-hydrogen) atoms. The van der Waals surface area contributed by atoms with Gasteiger partial charge in [-0.2, -0.15) is 0 Å². The fourth-order valence-corrected chi connectivity index (χ4v) is 2.31. The molecule has 1 aromatic rings. The van der Waals surface area contributed by atoms with Gasteiger partial charge in [-0.05, 0) is 24.6 Å². The molecule has 2 amide bonds. The second-order valence-electron chi connectivity index (χ2n) is 5.36. The predicted octanol–water partition coefficient (Wildman–Crippen LogP) is 2.16. The smallest absolute Gasteiger partial charge is 0.226 e. The number of ether oxygens (including phenoxy) is 1. The Bertz CT molecular complexity index is 519. The van der Waals surface area contributed by atoms with Crippen molar-refractivity contribution in [1.82, 2.24) is 5.32 Å². The van der Waals surface area contributed by atoms with Gasteiger partial charge in [0, 0.05) is 36.8 Å². The molecule has 0 spiro atoms. The Balaban J connectivity index is 0.00000264. The molecule has 1 unspecified atom stereocenters. The van der Waals surface area contributed by atoms with Gasteiger partial charge in [-0.1, -0.05) is 13.0 Å². The molecular weight excluding hydrogens is 318 g/mol. The Labute approximate surface area is 142 Å². The van der Waals surface area contributed by atoms with E-state index in [9.17, 15) is 9.59 Å². The minimum absolute atomic E-state index is 0. The third-order valence-corrected chi connectivity index (χ3v) is 3.34. The van der Waals surface area contributed by atoms with Crippen molar-refractivity contribution in [1.29, 1.82) is 0 Å². The maximum atomic E-state index is 12.0. The number of anilines is 2. The number of rotatable bonds is 6. The van der Waals surface area contributed by atoms with E-state index in [1.807, 2.05) is 6.92 Å². The van der Waals surface area contributed by atoms with Crippen LogP contribution in [0.15, 0.2) is 24.3 Å². The molecule has 3 N–H and O–H groups in total. The summed E-state index contributed by atoms with van der Waals surface area (Å²) < 4.78 is 5.33. The van der Waals surface area contributed by atoms with Crippen molar-refractivity contribution >= 4 is 35.6 Å². The first-order valence-electron chi connectivity index (χ1n) is 7.68. The van der Waals surface area contributed by atoms with Crippen LogP contribution in [0.3, 0.4) is 0 Å². The van der Waals surface area contributed by atoms with Crippen molar-refractivity contribution in [3.8, 4) is 0 Å². The first kappa shape index (κ1) is 19.4. The van der Waals surface area contributed by atoms with Crippen molar-refractivity contribution < 1.29 is 14.3 Å². The summed E-state index contributed by atoms with van der Waals surface area (Å²) in [6, 6.07) is 7.23. The highest BCUT2D eigenvalue weighted by molar-refractivity contribution is 5.94. The van der Waals surface area contributed by atoms with Crippen LogP contribution in [0, 0.1) is 0 Å². The Morgan fingerprint density at radius 2 is 1.96 bits per heavy atom. The molecule has 128 valence electrons. The number of benzene rings is 1. The van der Waals surface area contributed by atoms with E-state index in [1.54, 1.807) is 24.3 Å². The molecule has 0 bridgehead atoms. The van der Waals surface area contributed by atoms with E-state index >= 15 is 0 Å². The van der Waals surface area contributed by atoms with Gasteiger partial charge in [-0.3, -0.25) is 9.59 Å². The lowest BCUT2D eigenvalue weighted by atomic mass is 10.2. The monoisotopic (exact) mass is 341 g/mol. The summed E-state index contributed by atoms with van der Waals surface area (Å²) in [5, 5.41) is 8.91. The molecule has 1 saturated heterocycles. The highest BCUT2D eigenvalue weighted by Crippen LogP contribution is 2.16. The minimum atomic E-state index is -0.0694. The highest BCUT2D eigenvalue weighted by Gasteiger charge is 2.16. The van der Waals surface area contributed by atoms with Gasteiger partial charge in [0.15, 0.2) is 0 Å². The van der Waals surface area contributed by atoms with Crippen molar-refractivity contribution in [3.63, 3.8) is 0 Å². The van der Waals surface area contributed by atoms with Crippen LogP contribution < -0.4 is 16.0 Å². The molecular formula is C16H24ClN3O3. The molecule has 0 aliphatic carbocycles. The van der Waals surface area contributed by atoms with E-state index in [2.05, 4.69) is 16.0 Å². The summed E-state index contributed by atoms with van der Waals surface area (Å²) in [6.45, 7) is 3.98. The molecule has 1 aliphatic rings. The number of halogens is 1. The molecule has 0 aromatic heterocycles. The number of carbonyl (C=O) groups excluding carboxylic acids is 2. The number of hydrogen-bond donors (Lipinski definition) is 3. The van der Waals surface area contributed by atoms with Crippen molar-refractivity contribution in [3.05, 3.63) is 24.3 Å². The Morgan fingerprint density at radius 3 is 2.57 bits per heavy atom. The summed E-state index contributed by atoms with van der Waals surface area (Å²) in [5.41, 5.74) is 1.37. The molecule has 6 nitrogen and oxygen atoms in total. The maximum Gasteiger partial charge on any atom is 0.226 e. The van der Waals surface area contributed by atoms with E-state index in [-0.39, 0.29) is 30.3 Å². The lowest BCUT2D eigenvalue weighted by Crippen LogP contribution is -2.43. The molecule has 1 aromatic carbocycles. The molecule has 1 fully saturated rings. The number of carbonyl (C=O) groups is 2. The molecule has 1 atom stereocenters. The largest absolute Gasteiger partial charge is 0.378 e. The summed E-state index contributed by atoms with van der Waals surface area (Å²) in [4.78, 5) is 23.6. The Morgan fingerprint density at radius 1 is 1.26 bits per heavy atom. The van der Waals surface area contributed by atoms with Crippen LogP contribution in [-0.2, 0) is 14.3 Å². The van der Waals surface area contributed by atoms with Crippen LogP contribution in [0.4, 0.5) is 11.4 Å². The molecule has 7 heteroatoms. The van der Waals surface area contributed by atoms with Gasteiger partial charge in [-0.25, -0.2) is 0 Å². The van der Waals surface area contributed by atoms with Gasteiger partial charge in [0.25, 0.3) is 0 Å². The van der Waals surface area contributed by atoms with Crippen LogP contribution >= 0.6 is 12.4 Å². The normalized spacial score (nSPS) is 17.0. The third-order valence-electron chi connectivity index (χ3n) is 3.34. The van der Waals surface area contributed by atoms with Gasteiger partial charge in [0.2, 0.25) is 11.8 Å². The van der Waals surface area contributed by atoms with Crippen LogP contribution in [0.25, 0.3) is 0 Å². The van der Waals surface area contributed by atoms with Gasteiger partial charge in [0.05, 0.1) is 13.2 Å². The summed E-state index contributed by atoms with van der Waals surface area (Å²) in [7, 11) is 0. The fourth-order valence-electron chi connectivity index (χ4n) is 2.31. The third kappa shape index (κ3) is 6.99. The number of amides is 2. The van der Waals surface area contributed by atoms with Gasteiger partial charge in [0.1, 0.15) is 0 Å². The van der Waals surface area contributed by atoms with E-state index in [4.69, 9.17) is 4.74 Å².